The van der Waals surface area contributed by atoms with E-state index in [-0.39, 0.29) is 29.4 Å². The van der Waals surface area contributed by atoms with Gasteiger partial charge in [0.05, 0.1) is 10.6 Å². The molecule has 4 rings (SSSR count). The van der Waals surface area contributed by atoms with Crippen molar-refractivity contribution in [2.24, 2.45) is 0 Å². The lowest BCUT2D eigenvalue weighted by molar-refractivity contribution is -0.137. The van der Waals surface area contributed by atoms with Crippen molar-refractivity contribution >= 4 is 22.6 Å². The molecule has 7 nitrogen and oxygen atoms in total. The molecule has 0 atom stereocenters. The Morgan fingerprint density at radius 2 is 1.96 bits per heavy atom. The van der Waals surface area contributed by atoms with Gasteiger partial charge in [-0.15, -0.1) is 5.10 Å². The van der Waals surface area contributed by atoms with Crippen LogP contribution < -0.4 is 4.84 Å². The van der Waals surface area contributed by atoms with Gasteiger partial charge in [-0.05, 0) is 35.5 Å². The molecular formula is C16H9ClF3N5O2. The molecule has 0 aliphatic heterocycles. The maximum absolute atomic E-state index is 12.9. The van der Waals surface area contributed by atoms with Crippen LogP contribution in [0.2, 0.25) is 5.02 Å². The first kappa shape index (κ1) is 17.3. The number of alkyl halides is 3. The molecule has 138 valence electrons. The highest BCUT2D eigenvalue weighted by Gasteiger charge is 2.31. The Morgan fingerprint density at radius 1 is 1.15 bits per heavy atom. The molecule has 0 N–H and O–H groups in total. The summed E-state index contributed by atoms with van der Waals surface area (Å²) in [7, 11) is 0. The number of halogens is 4. The molecule has 0 fully saturated rings. The molecule has 0 spiro atoms. The lowest BCUT2D eigenvalue weighted by Gasteiger charge is -2.07. The SMILES string of the molecule is FC(F)(F)c1ccc2nnn(OCc3nc(-c4ccccc4Cl)no3)c2c1. The molecule has 4 aromatic rings. The van der Waals surface area contributed by atoms with E-state index in [1.165, 1.54) is 6.07 Å². The molecule has 0 aliphatic rings. The Hall–Kier alpha value is -3.14. The lowest BCUT2D eigenvalue weighted by Crippen LogP contribution is -2.13. The molecule has 0 saturated carbocycles. The van der Waals surface area contributed by atoms with Crippen LogP contribution in [-0.4, -0.2) is 25.3 Å². The Labute approximate surface area is 154 Å². The van der Waals surface area contributed by atoms with Gasteiger partial charge in [-0.25, -0.2) is 0 Å². The van der Waals surface area contributed by atoms with Gasteiger partial charge < -0.3 is 9.36 Å². The van der Waals surface area contributed by atoms with Crippen LogP contribution in [0.4, 0.5) is 13.2 Å². The van der Waals surface area contributed by atoms with Gasteiger partial charge in [0.25, 0.3) is 5.89 Å². The molecule has 0 aliphatic carbocycles. The van der Waals surface area contributed by atoms with Crippen molar-refractivity contribution in [3.8, 4) is 11.4 Å². The van der Waals surface area contributed by atoms with E-state index in [4.69, 9.17) is 21.0 Å². The molecule has 0 unspecified atom stereocenters. The van der Waals surface area contributed by atoms with E-state index in [2.05, 4.69) is 20.5 Å². The van der Waals surface area contributed by atoms with E-state index in [0.717, 1.165) is 17.0 Å². The summed E-state index contributed by atoms with van der Waals surface area (Å²) in [5.74, 6) is 0.363. The zero-order valence-electron chi connectivity index (χ0n) is 13.3. The second kappa shape index (κ2) is 6.54. The Bertz CT molecular complexity index is 1110. The van der Waals surface area contributed by atoms with Crippen LogP contribution in [0, 0.1) is 0 Å². The van der Waals surface area contributed by atoms with Crippen molar-refractivity contribution in [2.75, 3.05) is 0 Å². The van der Waals surface area contributed by atoms with Crippen molar-refractivity contribution in [1.82, 2.24) is 25.3 Å². The summed E-state index contributed by atoms with van der Waals surface area (Å²) < 4.78 is 43.7. The van der Waals surface area contributed by atoms with Gasteiger partial charge in [0.15, 0.2) is 6.61 Å². The van der Waals surface area contributed by atoms with Gasteiger partial charge in [-0.3, -0.25) is 0 Å². The lowest BCUT2D eigenvalue weighted by atomic mass is 10.2. The van der Waals surface area contributed by atoms with Crippen molar-refractivity contribution < 1.29 is 22.5 Å². The zero-order valence-corrected chi connectivity index (χ0v) is 14.1. The minimum absolute atomic E-state index is 0.0654. The number of benzene rings is 2. The van der Waals surface area contributed by atoms with Gasteiger partial charge in [0.1, 0.15) is 11.0 Å². The van der Waals surface area contributed by atoms with Crippen LogP contribution in [0.5, 0.6) is 0 Å². The normalized spacial score (nSPS) is 11.9. The third kappa shape index (κ3) is 3.43. The van der Waals surface area contributed by atoms with E-state index >= 15 is 0 Å². The van der Waals surface area contributed by atoms with Crippen LogP contribution in [0.1, 0.15) is 11.5 Å². The van der Waals surface area contributed by atoms with E-state index in [1.807, 2.05) is 0 Å². The van der Waals surface area contributed by atoms with E-state index in [9.17, 15) is 13.2 Å². The molecule has 0 radical (unpaired) electrons. The largest absolute Gasteiger partial charge is 0.416 e. The standard InChI is InChI=1S/C16H9ClF3N5O2/c17-11-4-2-1-3-10(11)15-21-14(27-23-15)8-26-25-13-7-9(16(18,19)20)5-6-12(13)22-24-25/h1-7H,8H2. The predicted molar refractivity (Wildman–Crippen MR) is 87.6 cm³/mol. The first-order valence-electron chi connectivity index (χ1n) is 7.55. The fourth-order valence-electron chi connectivity index (χ4n) is 2.35. The van der Waals surface area contributed by atoms with Crippen molar-refractivity contribution in [3.05, 3.63) is 58.9 Å². The summed E-state index contributed by atoms with van der Waals surface area (Å²) >= 11 is 6.08. The Balaban J connectivity index is 1.55. The fourth-order valence-corrected chi connectivity index (χ4v) is 2.57. The van der Waals surface area contributed by atoms with Gasteiger partial charge in [-0.2, -0.15) is 18.2 Å². The number of hydrogen-bond donors (Lipinski definition) is 0. The molecule has 0 amide bonds. The molecule has 11 heteroatoms. The number of fused-ring (bicyclic) bond motifs is 1. The quantitative estimate of drug-likeness (QED) is 0.523. The number of aromatic nitrogens is 5. The van der Waals surface area contributed by atoms with Crippen molar-refractivity contribution in [3.63, 3.8) is 0 Å². The van der Waals surface area contributed by atoms with Gasteiger partial charge >= 0.3 is 6.18 Å². The molecule has 27 heavy (non-hydrogen) atoms. The van der Waals surface area contributed by atoms with E-state index in [1.54, 1.807) is 24.3 Å². The van der Waals surface area contributed by atoms with Crippen molar-refractivity contribution in [1.29, 1.82) is 0 Å². The Morgan fingerprint density at radius 3 is 2.74 bits per heavy atom. The second-order valence-electron chi connectivity index (χ2n) is 5.43. The topological polar surface area (TPSA) is 78.9 Å². The van der Waals surface area contributed by atoms with Crippen LogP contribution in [-0.2, 0) is 12.8 Å². The number of hydrogen-bond acceptors (Lipinski definition) is 6. The average Bonchev–Trinajstić information content (AvgIpc) is 3.26. The van der Waals surface area contributed by atoms with Crippen LogP contribution in [0.15, 0.2) is 47.0 Å². The van der Waals surface area contributed by atoms with Gasteiger partial charge in [0, 0.05) is 5.56 Å². The minimum Gasteiger partial charge on any atom is -0.385 e. The van der Waals surface area contributed by atoms with Gasteiger partial charge in [0.2, 0.25) is 5.82 Å². The molecular weight excluding hydrogens is 387 g/mol. The summed E-state index contributed by atoms with van der Waals surface area (Å²) in [6, 6.07) is 9.99. The van der Waals surface area contributed by atoms with E-state index in [0.29, 0.717) is 10.6 Å². The zero-order chi connectivity index (χ0) is 19.0. The van der Waals surface area contributed by atoms with Crippen LogP contribution in [0.25, 0.3) is 22.4 Å². The van der Waals surface area contributed by atoms with Crippen LogP contribution in [0.3, 0.4) is 0 Å². The number of nitrogens with zero attached hydrogens (tertiary/aromatic N) is 5. The summed E-state index contributed by atoms with van der Waals surface area (Å²) in [5, 5.41) is 11.7. The highest BCUT2D eigenvalue weighted by Crippen LogP contribution is 2.31. The monoisotopic (exact) mass is 395 g/mol. The maximum atomic E-state index is 12.9. The smallest absolute Gasteiger partial charge is 0.385 e. The van der Waals surface area contributed by atoms with Crippen LogP contribution >= 0.6 is 11.6 Å². The summed E-state index contributed by atoms with van der Waals surface area (Å²) in [5.41, 5.74) is 0.0668. The first-order valence-corrected chi connectivity index (χ1v) is 7.93. The first-order chi connectivity index (χ1) is 12.9. The number of rotatable bonds is 4. The molecule has 2 aromatic carbocycles. The highest BCUT2D eigenvalue weighted by atomic mass is 35.5. The van der Waals surface area contributed by atoms with E-state index < -0.39 is 11.7 Å². The van der Waals surface area contributed by atoms with Crippen molar-refractivity contribution in [2.45, 2.75) is 12.8 Å². The molecule has 0 saturated heterocycles. The average molecular weight is 396 g/mol. The third-order valence-corrected chi connectivity index (χ3v) is 3.97. The summed E-state index contributed by atoms with van der Waals surface area (Å²) in [6.07, 6.45) is -4.49. The molecule has 2 aromatic heterocycles. The molecule has 2 heterocycles. The predicted octanol–water partition coefficient (Wildman–Crippen LogP) is 3.78. The molecule has 0 bridgehead atoms. The van der Waals surface area contributed by atoms with Gasteiger partial charge in [-0.1, -0.05) is 33.7 Å². The highest BCUT2D eigenvalue weighted by molar-refractivity contribution is 6.33. The summed E-state index contributed by atoms with van der Waals surface area (Å²) in [6.45, 7) is -0.216. The maximum Gasteiger partial charge on any atom is 0.416 e. The third-order valence-electron chi connectivity index (χ3n) is 3.64. The fraction of sp³-hybridized carbons (Fsp3) is 0.125. The second-order valence-corrected chi connectivity index (χ2v) is 5.84. The summed E-state index contributed by atoms with van der Waals surface area (Å²) in [4.78, 5) is 10.4. The minimum atomic E-state index is -4.49. The Kier molecular flexibility index (Phi) is 4.19.